The molecule has 7 heteroatoms. The molecule has 3 amide bonds. The number of nitrogens with zero attached hydrogens (tertiary/aromatic N) is 3. The largest absolute Gasteiger partial charge is 0.309 e. The molecular formula is C18H20N4O3. The molecule has 1 aromatic heterocycles. The second-order valence-corrected chi connectivity index (χ2v) is 6.41. The number of amides is 3. The highest BCUT2D eigenvalue weighted by atomic mass is 16.2. The number of benzene rings is 1. The van der Waals surface area contributed by atoms with E-state index in [4.69, 9.17) is 0 Å². The Labute approximate surface area is 145 Å². The Morgan fingerprint density at radius 3 is 2.36 bits per heavy atom. The molecule has 2 aromatic rings. The van der Waals surface area contributed by atoms with Crippen LogP contribution in [-0.4, -0.2) is 38.9 Å². The normalized spacial score (nSPS) is 13.5. The number of rotatable bonds is 6. The Balaban J connectivity index is 1.66. The van der Waals surface area contributed by atoms with Crippen LogP contribution in [0.3, 0.4) is 0 Å². The van der Waals surface area contributed by atoms with E-state index in [1.54, 1.807) is 41.2 Å². The Morgan fingerprint density at radius 1 is 1.12 bits per heavy atom. The molecule has 1 N–H and O–H groups in total. The molecule has 3 rings (SSSR count). The number of carbonyl (C=O) groups is 3. The summed E-state index contributed by atoms with van der Waals surface area (Å²) in [6, 6.07) is 8.27. The molecule has 2 heterocycles. The van der Waals surface area contributed by atoms with Gasteiger partial charge in [0.15, 0.2) is 0 Å². The minimum atomic E-state index is -0.441. The molecule has 0 spiro atoms. The summed E-state index contributed by atoms with van der Waals surface area (Å²) >= 11 is 0. The SMILES string of the molecule is CC(C)CCn1nccc1NC(=O)CN1C(=O)c2ccccc2C1=O. The number of carbonyl (C=O) groups excluding carboxylic acids is 3. The minimum Gasteiger partial charge on any atom is -0.309 e. The summed E-state index contributed by atoms with van der Waals surface area (Å²) in [6.07, 6.45) is 2.54. The molecule has 0 saturated heterocycles. The van der Waals surface area contributed by atoms with E-state index in [2.05, 4.69) is 24.3 Å². The molecule has 0 fully saturated rings. The van der Waals surface area contributed by atoms with Gasteiger partial charge < -0.3 is 5.32 Å². The van der Waals surface area contributed by atoms with Crippen molar-refractivity contribution in [3.05, 3.63) is 47.7 Å². The summed E-state index contributed by atoms with van der Waals surface area (Å²) in [5, 5.41) is 6.91. The first-order chi connectivity index (χ1) is 12.0. The number of anilines is 1. The highest BCUT2D eigenvalue weighted by Gasteiger charge is 2.36. The van der Waals surface area contributed by atoms with Crippen molar-refractivity contribution in [1.82, 2.24) is 14.7 Å². The topological polar surface area (TPSA) is 84.3 Å². The zero-order valence-electron chi connectivity index (χ0n) is 14.2. The summed E-state index contributed by atoms with van der Waals surface area (Å²) in [5.74, 6) is -0.234. The van der Waals surface area contributed by atoms with Gasteiger partial charge in [-0.1, -0.05) is 26.0 Å². The number of hydrogen-bond acceptors (Lipinski definition) is 4. The van der Waals surface area contributed by atoms with Gasteiger partial charge in [-0.05, 0) is 24.5 Å². The lowest BCUT2D eigenvalue weighted by Crippen LogP contribution is -2.37. The summed E-state index contributed by atoms with van der Waals surface area (Å²) in [5.41, 5.74) is 0.671. The van der Waals surface area contributed by atoms with Crippen LogP contribution in [0, 0.1) is 5.92 Å². The van der Waals surface area contributed by atoms with Gasteiger partial charge in [-0.15, -0.1) is 0 Å². The fourth-order valence-corrected chi connectivity index (χ4v) is 2.71. The van der Waals surface area contributed by atoms with Crippen LogP contribution in [0.1, 0.15) is 41.0 Å². The minimum absolute atomic E-state index is 0.318. The van der Waals surface area contributed by atoms with E-state index in [1.165, 1.54) is 0 Å². The van der Waals surface area contributed by atoms with Gasteiger partial charge in [-0.2, -0.15) is 5.10 Å². The highest BCUT2D eigenvalue weighted by molar-refractivity contribution is 6.22. The lowest BCUT2D eigenvalue weighted by molar-refractivity contribution is -0.116. The monoisotopic (exact) mass is 340 g/mol. The second kappa shape index (κ2) is 6.88. The maximum atomic E-state index is 12.3. The summed E-state index contributed by atoms with van der Waals surface area (Å²) < 4.78 is 1.71. The van der Waals surface area contributed by atoms with E-state index in [9.17, 15) is 14.4 Å². The molecule has 0 saturated carbocycles. The maximum absolute atomic E-state index is 12.3. The Kier molecular flexibility index (Phi) is 4.65. The van der Waals surface area contributed by atoms with Gasteiger partial charge in [0.2, 0.25) is 5.91 Å². The van der Waals surface area contributed by atoms with Gasteiger partial charge >= 0.3 is 0 Å². The molecule has 0 bridgehead atoms. The van der Waals surface area contributed by atoms with E-state index in [1.807, 2.05) is 0 Å². The predicted octanol–water partition coefficient (Wildman–Crippen LogP) is 2.16. The molecule has 0 atom stereocenters. The van der Waals surface area contributed by atoms with Crippen molar-refractivity contribution < 1.29 is 14.4 Å². The number of hydrogen-bond donors (Lipinski definition) is 1. The second-order valence-electron chi connectivity index (χ2n) is 6.41. The third-order valence-electron chi connectivity index (χ3n) is 4.08. The first-order valence-electron chi connectivity index (χ1n) is 8.24. The first-order valence-corrected chi connectivity index (χ1v) is 8.24. The Morgan fingerprint density at radius 2 is 1.76 bits per heavy atom. The molecule has 0 radical (unpaired) electrons. The number of nitrogens with one attached hydrogen (secondary N) is 1. The Bertz CT molecular complexity index is 790. The van der Waals surface area contributed by atoms with Gasteiger partial charge in [0.05, 0.1) is 17.3 Å². The van der Waals surface area contributed by atoms with Crippen molar-refractivity contribution in [2.75, 3.05) is 11.9 Å². The van der Waals surface area contributed by atoms with Crippen molar-refractivity contribution in [1.29, 1.82) is 0 Å². The van der Waals surface area contributed by atoms with Crippen LogP contribution in [0.25, 0.3) is 0 Å². The van der Waals surface area contributed by atoms with Gasteiger partial charge in [0.25, 0.3) is 11.8 Å². The molecule has 0 unspecified atom stereocenters. The molecule has 1 aromatic carbocycles. The molecule has 0 aliphatic carbocycles. The van der Waals surface area contributed by atoms with E-state index < -0.39 is 17.7 Å². The maximum Gasteiger partial charge on any atom is 0.262 e. The molecule has 130 valence electrons. The van der Waals surface area contributed by atoms with Gasteiger partial charge in [0, 0.05) is 12.6 Å². The van der Waals surface area contributed by atoms with Gasteiger partial charge in [-0.3, -0.25) is 19.3 Å². The smallest absolute Gasteiger partial charge is 0.262 e. The van der Waals surface area contributed by atoms with Gasteiger partial charge in [-0.25, -0.2) is 4.68 Å². The zero-order valence-corrected chi connectivity index (χ0v) is 14.2. The summed E-state index contributed by atoms with van der Waals surface area (Å²) in [6.45, 7) is 4.60. The predicted molar refractivity (Wildman–Crippen MR) is 92.1 cm³/mol. The number of aryl methyl sites for hydroxylation is 1. The van der Waals surface area contributed by atoms with Crippen LogP contribution < -0.4 is 5.32 Å². The standard InChI is InChI=1S/C18H20N4O3/c1-12(2)8-10-22-15(7-9-19-22)20-16(23)11-21-17(24)13-5-3-4-6-14(13)18(21)25/h3-7,9,12H,8,10-11H2,1-2H3,(H,20,23). The Hall–Kier alpha value is -2.96. The summed E-state index contributed by atoms with van der Waals surface area (Å²) in [7, 11) is 0. The van der Waals surface area contributed by atoms with Crippen molar-refractivity contribution in [2.24, 2.45) is 5.92 Å². The van der Waals surface area contributed by atoms with Crippen molar-refractivity contribution in [2.45, 2.75) is 26.8 Å². The van der Waals surface area contributed by atoms with E-state index in [0.29, 0.717) is 29.4 Å². The van der Waals surface area contributed by atoms with E-state index in [-0.39, 0.29) is 6.54 Å². The lowest BCUT2D eigenvalue weighted by Gasteiger charge is -2.14. The fraction of sp³-hybridized carbons (Fsp3) is 0.333. The third-order valence-corrected chi connectivity index (χ3v) is 4.08. The first kappa shape index (κ1) is 16.9. The van der Waals surface area contributed by atoms with Crippen LogP contribution in [-0.2, 0) is 11.3 Å². The molecule has 7 nitrogen and oxygen atoms in total. The lowest BCUT2D eigenvalue weighted by atomic mass is 10.1. The number of aromatic nitrogens is 2. The molecule has 1 aliphatic heterocycles. The van der Waals surface area contributed by atoms with Crippen molar-refractivity contribution in [3.8, 4) is 0 Å². The van der Waals surface area contributed by atoms with E-state index >= 15 is 0 Å². The quantitative estimate of drug-likeness (QED) is 0.817. The molecule has 1 aliphatic rings. The van der Waals surface area contributed by atoms with Crippen LogP contribution >= 0.6 is 0 Å². The van der Waals surface area contributed by atoms with Crippen LogP contribution in [0.4, 0.5) is 5.82 Å². The van der Waals surface area contributed by atoms with Crippen LogP contribution in [0.15, 0.2) is 36.5 Å². The highest BCUT2D eigenvalue weighted by Crippen LogP contribution is 2.22. The van der Waals surface area contributed by atoms with E-state index in [0.717, 1.165) is 11.3 Å². The summed E-state index contributed by atoms with van der Waals surface area (Å²) in [4.78, 5) is 37.9. The van der Waals surface area contributed by atoms with Crippen molar-refractivity contribution in [3.63, 3.8) is 0 Å². The average molecular weight is 340 g/mol. The zero-order chi connectivity index (χ0) is 18.0. The van der Waals surface area contributed by atoms with Gasteiger partial charge in [0.1, 0.15) is 12.4 Å². The van der Waals surface area contributed by atoms with Crippen molar-refractivity contribution >= 4 is 23.5 Å². The third kappa shape index (κ3) is 3.45. The van der Waals surface area contributed by atoms with Crippen LogP contribution in [0.5, 0.6) is 0 Å². The van der Waals surface area contributed by atoms with Crippen LogP contribution in [0.2, 0.25) is 0 Å². The molecule has 25 heavy (non-hydrogen) atoms. The fourth-order valence-electron chi connectivity index (χ4n) is 2.71. The average Bonchev–Trinajstić information content (AvgIpc) is 3.12. The molecular weight excluding hydrogens is 320 g/mol. The number of fused-ring (bicyclic) bond motifs is 1. The number of imide groups is 1.